The molecule has 5 N–H and O–H groups in total. The van der Waals surface area contributed by atoms with Crippen LogP contribution in [0, 0.1) is 0 Å². The molecule has 1 unspecified atom stereocenters. The summed E-state index contributed by atoms with van der Waals surface area (Å²) in [4.78, 5) is 46.0. The van der Waals surface area contributed by atoms with Crippen molar-refractivity contribution in [1.82, 2.24) is 0 Å². The van der Waals surface area contributed by atoms with Gasteiger partial charge in [0.15, 0.2) is 6.10 Å². The molecule has 0 aromatic rings. The first-order valence-electron chi connectivity index (χ1n) is 21.7. The molecule has 0 fully saturated rings. The molecule has 4 atom stereocenters. The van der Waals surface area contributed by atoms with Crippen LogP contribution in [0.1, 0.15) is 123 Å². The number of carbonyl (C=O) groups excluding carboxylic acids is 2. The van der Waals surface area contributed by atoms with Gasteiger partial charge < -0.3 is 30.3 Å². The number of unbranched alkanes of at least 4 members (excludes halogenated alkanes) is 4. The number of aliphatic hydroxyl groups excluding tert-OH is 1. The maximum absolute atomic E-state index is 12.6. The molecule has 0 aromatic heterocycles. The van der Waals surface area contributed by atoms with Crippen LogP contribution in [0.25, 0.3) is 0 Å². The minimum atomic E-state index is -4.76. The van der Waals surface area contributed by atoms with E-state index in [1.165, 1.54) is 0 Å². The molecule has 0 saturated carbocycles. The van der Waals surface area contributed by atoms with Gasteiger partial charge in [0.1, 0.15) is 12.6 Å². The molecule has 0 aliphatic rings. The summed E-state index contributed by atoms with van der Waals surface area (Å²) in [6.45, 7) is 2.23. The molecule has 0 bridgehead atoms. The molecular weight excluding hydrogens is 797 g/mol. The molecule has 0 heterocycles. The Morgan fingerprint density at radius 1 is 0.590 bits per heavy atom. The van der Waals surface area contributed by atoms with Gasteiger partial charge in [-0.2, -0.15) is 0 Å². The topological polar surface area (TPSA) is 192 Å². The van der Waals surface area contributed by atoms with Gasteiger partial charge in [0, 0.05) is 12.8 Å². The van der Waals surface area contributed by atoms with Gasteiger partial charge in [-0.15, -0.1) is 0 Å². The lowest BCUT2D eigenvalue weighted by Gasteiger charge is -2.20. The standard InChI is InChI=1S/C48H74NO11P/c1-3-5-6-7-8-9-10-11-12-13-14-15-16-21-24-27-30-33-36-39-47(52)60-44(41-58-61(55,56)59-42-45(49)48(53)54)40-57-46(51)38-35-32-29-26-23-20-18-17-19-22-25-28-31-34-37-43(50)4-2/h5-6,8-9,11-12,14-15,18-22,24,26,28-29,31,34,37,43-45,50H,3-4,7,10,13,16-17,23,25,27,30,32-33,35-36,38-42,49H2,1-2H3,(H,53,54)(H,55,56)/b6-5-,9-8-,12-11-,15-14-,20-18-,22-19-,24-21-,29-26-,31-28-,37-34+/t43-,44+,45-/m0/s1. The number of hydrogen-bond acceptors (Lipinski definition) is 10. The Labute approximate surface area is 365 Å². The molecule has 0 saturated heterocycles. The Morgan fingerprint density at radius 2 is 1.07 bits per heavy atom. The number of aliphatic hydroxyl groups is 1. The van der Waals surface area contributed by atoms with E-state index in [0.29, 0.717) is 25.7 Å². The summed E-state index contributed by atoms with van der Waals surface area (Å²) < 4.78 is 32.6. The summed E-state index contributed by atoms with van der Waals surface area (Å²) in [6, 6.07) is -1.55. The zero-order valence-electron chi connectivity index (χ0n) is 36.6. The molecule has 12 nitrogen and oxygen atoms in total. The van der Waals surface area contributed by atoms with Gasteiger partial charge in [0.05, 0.1) is 19.3 Å². The summed E-state index contributed by atoms with van der Waals surface area (Å²) in [5.74, 6) is -2.54. The number of esters is 2. The highest BCUT2D eigenvalue weighted by atomic mass is 31.2. The SMILES string of the molecule is CC/C=C\C/C=C\C/C=C\C/C=C\C/C=C\CCCCCC(=O)O[C@H](COC(=O)CCC/C=C\C/C=C\C/C=C\C/C=C\C=C\[C@@H](O)CC)COP(=O)(O)OC[C@H](N)C(=O)O. The quantitative estimate of drug-likeness (QED) is 0.0151. The third-order valence-corrected chi connectivity index (χ3v) is 9.31. The van der Waals surface area contributed by atoms with Crippen molar-refractivity contribution < 1.29 is 52.6 Å². The summed E-state index contributed by atoms with van der Waals surface area (Å²) in [6.07, 6.45) is 52.2. The van der Waals surface area contributed by atoms with Crippen LogP contribution in [0.2, 0.25) is 0 Å². The molecule has 0 aliphatic carbocycles. The summed E-state index contributed by atoms with van der Waals surface area (Å²) in [5, 5.41) is 18.4. The van der Waals surface area contributed by atoms with Crippen LogP contribution in [-0.4, -0.2) is 71.1 Å². The predicted molar refractivity (Wildman–Crippen MR) is 245 cm³/mol. The lowest BCUT2D eigenvalue weighted by Crippen LogP contribution is -2.34. The number of allylic oxidation sites excluding steroid dienone is 19. The number of ether oxygens (including phenoxy) is 2. The highest BCUT2D eigenvalue weighted by Crippen LogP contribution is 2.43. The van der Waals surface area contributed by atoms with Crippen molar-refractivity contribution in [3.05, 3.63) is 122 Å². The zero-order chi connectivity index (χ0) is 45.1. The predicted octanol–water partition coefficient (Wildman–Crippen LogP) is 10.6. The van der Waals surface area contributed by atoms with Gasteiger partial charge in [-0.25, -0.2) is 4.57 Å². The highest BCUT2D eigenvalue weighted by molar-refractivity contribution is 7.47. The fourth-order valence-electron chi connectivity index (χ4n) is 4.84. The van der Waals surface area contributed by atoms with Gasteiger partial charge in [0.25, 0.3) is 0 Å². The second-order valence-electron chi connectivity index (χ2n) is 13.9. The average molecular weight is 872 g/mol. The van der Waals surface area contributed by atoms with E-state index in [0.717, 1.165) is 70.6 Å². The van der Waals surface area contributed by atoms with E-state index in [1.54, 1.807) is 6.08 Å². The number of phosphoric acid groups is 1. The summed E-state index contributed by atoms with van der Waals surface area (Å²) in [5.41, 5.74) is 5.32. The number of phosphoric ester groups is 1. The van der Waals surface area contributed by atoms with E-state index >= 15 is 0 Å². The fraction of sp³-hybridized carbons (Fsp3) is 0.521. The Bertz CT molecular complexity index is 1510. The van der Waals surface area contributed by atoms with Crippen molar-refractivity contribution in [2.45, 2.75) is 141 Å². The average Bonchev–Trinajstić information content (AvgIpc) is 3.24. The normalized spacial score (nSPS) is 15.4. The van der Waals surface area contributed by atoms with Crippen molar-refractivity contribution >= 4 is 25.7 Å². The fourth-order valence-corrected chi connectivity index (χ4v) is 5.62. The van der Waals surface area contributed by atoms with Gasteiger partial charge >= 0.3 is 25.7 Å². The van der Waals surface area contributed by atoms with Crippen molar-refractivity contribution in [3.63, 3.8) is 0 Å². The van der Waals surface area contributed by atoms with Crippen molar-refractivity contribution in [2.24, 2.45) is 5.73 Å². The number of rotatable bonds is 38. The third-order valence-electron chi connectivity index (χ3n) is 8.36. The molecule has 0 amide bonds. The molecule has 0 spiro atoms. The van der Waals surface area contributed by atoms with E-state index in [4.69, 9.17) is 24.8 Å². The first-order chi connectivity index (χ1) is 29.5. The molecule has 0 aromatic carbocycles. The molecule has 342 valence electrons. The molecule has 13 heteroatoms. The van der Waals surface area contributed by atoms with Crippen LogP contribution < -0.4 is 5.73 Å². The molecule has 0 aliphatic heterocycles. The number of aliphatic carboxylic acids is 1. The van der Waals surface area contributed by atoms with Crippen LogP contribution in [0.3, 0.4) is 0 Å². The van der Waals surface area contributed by atoms with Crippen molar-refractivity contribution in [2.75, 3.05) is 19.8 Å². The van der Waals surface area contributed by atoms with Gasteiger partial charge in [-0.1, -0.05) is 142 Å². The monoisotopic (exact) mass is 871 g/mol. The van der Waals surface area contributed by atoms with E-state index in [1.807, 2.05) is 37.3 Å². The Kier molecular flexibility index (Phi) is 38.4. The summed E-state index contributed by atoms with van der Waals surface area (Å²) >= 11 is 0. The second-order valence-corrected chi connectivity index (χ2v) is 15.4. The first kappa shape index (κ1) is 56.8. The highest BCUT2D eigenvalue weighted by Gasteiger charge is 2.28. The number of carboxylic acid groups (broad SMARTS) is 1. The molecule has 0 radical (unpaired) electrons. The second kappa shape index (κ2) is 41.2. The largest absolute Gasteiger partial charge is 0.480 e. The van der Waals surface area contributed by atoms with E-state index < -0.39 is 63.8 Å². The maximum Gasteiger partial charge on any atom is 0.472 e. The van der Waals surface area contributed by atoms with Crippen LogP contribution >= 0.6 is 7.82 Å². The van der Waals surface area contributed by atoms with E-state index in [9.17, 15) is 28.9 Å². The molecular formula is C48H74NO11P. The van der Waals surface area contributed by atoms with Crippen LogP contribution in [0.4, 0.5) is 0 Å². The van der Waals surface area contributed by atoms with Crippen molar-refractivity contribution in [3.8, 4) is 0 Å². The smallest absolute Gasteiger partial charge is 0.472 e. The van der Waals surface area contributed by atoms with Gasteiger partial charge in [-0.05, 0) is 89.9 Å². The van der Waals surface area contributed by atoms with Crippen LogP contribution in [-0.2, 0) is 37.5 Å². The van der Waals surface area contributed by atoms with Gasteiger partial charge in [-0.3, -0.25) is 23.4 Å². The Hall–Kier alpha value is -4.16. The van der Waals surface area contributed by atoms with Crippen molar-refractivity contribution in [1.29, 1.82) is 0 Å². The number of hydrogen-bond donors (Lipinski definition) is 4. The Morgan fingerprint density at radius 3 is 1.59 bits per heavy atom. The summed E-state index contributed by atoms with van der Waals surface area (Å²) in [7, 11) is -4.76. The molecule has 0 rings (SSSR count). The zero-order valence-corrected chi connectivity index (χ0v) is 37.4. The lowest BCUT2D eigenvalue weighted by atomic mass is 10.1. The lowest BCUT2D eigenvalue weighted by molar-refractivity contribution is -0.161. The maximum atomic E-state index is 12.6. The number of carboxylic acids is 1. The van der Waals surface area contributed by atoms with E-state index in [-0.39, 0.29) is 12.8 Å². The van der Waals surface area contributed by atoms with Crippen LogP contribution in [0.15, 0.2) is 122 Å². The number of carbonyl (C=O) groups is 3. The van der Waals surface area contributed by atoms with E-state index in [2.05, 4.69) is 96.5 Å². The minimum Gasteiger partial charge on any atom is -0.480 e. The van der Waals surface area contributed by atoms with Gasteiger partial charge in [0.2, 0.25) is 0 Å². The molecule has 61 heavy (non-hydrogen) atoms. The third kappa shape index (κ3) is 41.0. The first-order valence-corrected chi connectivity index (χ1v) is 23.2. The minimum absolute atomic E-state index is 0.0942. The number of nitrogens with two attached hydrogens (primary N) is 1. The van der Waals surface area contributed by atoms with Crippen LogP contribution in [0.5, 0.6) is 0 Å². The Balaban J connectivity index is 4.57.